The first-order valence-electron chi connectivity index (χ1n) is 13.2. The van der Waals surface area contributed by atoms with E-state index in [4.69, 9.17) is 9.47 Å². The van der Waals surface area contributed by atoms with E-state index in [0.717, 1.165) is 18.5 Å². The highest BCUT2D eigenvalue weighted by Gasteiger charge is 2.34. The lowest BCUT2D eigenvalue weighted by Gasteiger charge is -2.22. The topological polar surface area (TPSA) is 143 Å². The van der Waals surface area contributed by atoms with Gasteiger partial charge in [-0.05, 0) is 45.7 Å². The maximum Gasteiger partial charge on any atom is 0.311 e. The van der Waals surface area contributed by atoms with Crippen molar-refractivity contribution < 1.29 is 28.2 Å². The van der Waals surface area contributed by atoms with Crippen molar-refractivity contribution in [1.29, 1.82) is 0 Å². The number of carbonyl (C=O) groups excluding carboxylic acids is 3. The summed E-state index contributed by atoms with van der Waals surface area (Å²) < 4.78 is 30.4. The number of ether oxygens (including phenoxy) is 2. The quantitative estimate of drug-likeness (QED) is 0.270. The van der Waals surface area contributed by atoms with Gasteiger partial charge >= 0.3 is 11.9 Å². The van der Waals surface area contributed by atoms with Gasteiger partial charge in [0, 0.05) is 23.7 Å². The van der Waals surface area contributed by atoms with Gasteiger partial charge in [0.15, 0.2) is 23.1 Å². The van der Waals surface area contributed by atoms with Gasteiger partial charge in [0.25, 0.3) is 5.91 Å². The Morgan fingerprint density at radius 1 is 1.10 bits per heavy atom. The van der Waals surface area contributed by atoms with Crippen LogP contribution in [0.25, 0.3) is 17.2 Å². The molecule has 5 heterocycles. The molecule has 0 unspecified atom stereocenters. The van der Waals surface area contributed by atoms with Gasteiger partial charge in [-0.1, -0.05) is 6.07 Å². The molecule has 4 aromatic rings. The summed E-state index contributed by atoms with van der Waals surface area (Å²) in [5, 5.41) is 10.7. The van der Waals surface area contributed by atoms with Crippen molar-refractivity contribution in [2.75, 3.05) is 5.32 Å². The fourth-order valence-electron chi connectivity index (χ4n) is 4.70. The number of halogens is 1. The van der Waals surface area contributed by atoms with E-state index in [-0.39, 0.29) is 41.7 Å². The summed E-state index contributed by atoms with van der Waals surface area (Å²) >= 11 is 0. The molecule has 2 aliphatic heterocycles. The van der Waals surface area contributed by atoms with Gasteiger partial charge in [-0.15, -0.1) is 10.2 Å². The number of benzene rings is 1. The van der Waals surface area contributed by atoms with Crippen LogP contribution in [0.15, 0.2) is 37.1 Å². The fraction of sp³-hybridized carbons (Fsp3) is 0.321. The molecule has 2 bridgehead atoms. The van der Waals surface area contributed by atoms with Gasteiger partial charge < -0.3 is 23.9 Å². The van der Waals surface area contributed by atoms with Crippen molar-refractivity contribution in [3.05, 3.63) is 59.7 Å². The van der Waals surface area contributed by atoms with E-state index in [1.165, 1.54) is 19.3 Å². The number of hydrogen-bond acceptors (Lipinski definition) is 9. The maximum absolute atomic E-state index is 16.1. The lowest BCUT2D eigenvalue weighted by Crippen LogP contribution is -2.24. The Labute approximate surface area is 233 Å². The molecule has 0 radical (unpaired) electrons. The maximum atomic E-state index is 16.1. The number of fused-ring (bicyclic) bond motifs is 7. The highest BCUT2D eigenvalue weighted by Crippen LogP contribution is 2.43. The van der Waals surface area contributed by atoms with Crippen LogP contribution in [-0.4, -0.2) is 47.1 Å². The minimum absolute atomic E-state index is 0.0562. The molecule has 210 valence electrons. The third-order valence-electron chi connectivity index (χ3n) is 6.95. The highest BCUT2D eigenvalue weighted by molar-refractivity contribution is 6.08. The van der Waals surface area contributed by atoms with E-state index >= 15 is 4.39 Å². The summed E-state index contributed by atoms with van der Waals surface area (Å²) in [7, 11) is 0. The second kappa shape index (κ2) is 10.2. The number of nitrogens with one attached hydrogen (secondary N) is 1. The molecule has 1 N–H and O–H groups in total. The van der Waals surface area contributed by atoms with Crippen LogP contribution in [0.5, 0.6) is 11.5 Å². The van der Waals surface area contributed by atoms with E-state index in [9.17, 15) is 14.4 Å². The molecule has 1 amide bonds. The average molecular weight is 560 g/mol. The predicted molar refractivity (Wildman–Crippen MR) is 142 cm³/mol. The first-order valence-corrected chi connectivity index (χ1v) is 13.2. The lowest BCUT2D eigenvalue weighted by atomic mass is 10.0. The van der Waals surface area contributed by atoms with Crippen LogP contribution in [0, 0.1) is 12.7 Å². The van der Waals surface area contributed by atoms with Crippen LogP contribution < -0.4 is 14.8 Å². The van der Waals surface area contributed by atoms with Crippen LogP contribution in [0.3, 0.4) is 0 Å². The van der Waals surface area contributed by atoms with E-state index < -0.39 is 35.0 Å². The number of hydrogen-bond donors (Lipinski definition) is 1. The third kappa shape index (κ3) is 4.94. The van der Waals surface area contributed by atoms with Gasteiger partial charge in [-0.25, -0.2) is 14.4 Å². The summed E-state index contributed by atoms with van der Waals surface area (Å²) in [5.41, 5.74) is 0.979. The third-order valence-corrected chi connectivity index (χ3v) is 6.95. The number of carbonyl (C=O) groups is 3. The Kier molecular flexibility index (Phi) is 6.56. The molecule has 1 aliphatic carbocycles. The molecular weight excluding hydrogens is 533 g/mol. The monoisotopic (exact) mass is 559 g/mol. The molecule has 13 heteroatoms. The molecule has 0 saturated heterocycles. The summed E-state index contributed by atoms with van der Waals surface area (Å²) in [4.78, 5) is 47.8. The molecule has 1 fully saturated rings. The number of pyridine rings is 1. The highest BCUT2D eigenvalue weighted by atomic mass is 19.1. The SMILES string of the molecule is Cc1c2c(F)c(C(=O)Nc3cccc(-c4nncn4C(C)C)n3)c(c1-n1cnc(C3CC3)c1)OC(=O)CCC(=O)O2. The fourth-order valence-corrected chi connectivity index (χ4v) is 4.70. The summed E-state index contributed by atoms with van der Waals surface area (Å²) in [5.74, 6) is -3.59. The molecule has 3 aliphatic rings. The van der Waals surface area contributed by atoms with Gasteiger partial charge in [0.2, 0.25) is 0 Å². The standard InChI is InChI=1S/C28H26FN7O5/c1-14(2)36-13-31-34-27(36)17-5-4-6-19(32-17)33-28(39)22-23(29)25-15(3)24(35-11-18(30-12-35)16-7-8-16)26(22)41-21(38)10-9-20(37)40-25/h4-6,11-14,16H,7-10H2,1-3H3,(H,32,33,39). The van der Waals surface area contributed by atoms with Crippen LogP contribution in [-0.2, 0) is 9.59 Å². The Morgan fingerprint density at radius 3 is 2.54 bits per heavy atom. The van der Waals surface area contributed by atoms with Crippen LogP contribution in [0.1, 0.15) is 73.1 Å². The van der Waals surface area contributed by atoms with E-state index in [2.05, 4.69) is 25.5 Å². The molecule has 0 atom stereocenters. The van der Waals surface area contributed by atoms with Crippen LogP contribution >= 0.6 is 0 Å². The van der Waals surface area contributed by atoms with Crippen LogP contribution in [0.2, 0.25) is 0 Å². The number of amides is 1. The molecule has 3 aromatic heterocycles. The Bertz CT molecular complexity index is 1710. The number of nitrogens with zero attached hydrogens (tertiary/aromatic N) is 6. The van der Waals surface area contributed by atoms with Gasteiger partial charge in [0.05, 0.1) is 30.6 Å². The molecular formula is C28H26FN7O5. The zero-order chi connectivity index (χ0) is 28.8. The summed E-state index contributed by atoms with van der Waals surface area (Å²) in [6, 6.07) is 4.95. The average Bonchev–Trinajstić information content (AvgIpc) is 3.45. The largest absolute Gasteiger partial charge is 0.423 e. The van der Waals surface area contributed by atoms with Gasteiger partial charge in [-0.3, -0.25) is 14.4 Å². The molecule has 7 rings (SSSR count). The first kappa shape index (κ1) is 26.3. The zero-order valence-electron chi connectivity index (χ0n) is 22.5. The van der Waals surface area contributed by atoms with Crippen molar-refractivity contribution in [1.82, 2.24) is 29.3 Å². The van der Waals surface area contributed by atoms with E-state index in [1.54, 1.807) is 29.2 Å². The second-order valence-electron chi connectivity index (χ2n) is 10.3. The summed E-state index contributed by atoms with van der Waals surface area (Å²) in [6.07, 6.45) is 6.20. The number of anilines is 1. The van der Waals surface area contributed by atoms with Crippen molar-refractivity contribution >= 4 is 23.7 Å². The van der Waals surface area contributed by atoms with E-state index in [1.807, 2.05) is 18.4 Å². The summed E-state index contributed by atoms with van der Waals surface area (Å²) in [6.45, 7) is 5.45. The second-order valence-corrected chi connectivity index (χ2v) is 10.3. The van der Waals surface area contributed by atoms with Crippen molar-refractivity contribution in [2.45, 2.75) is 58.4 Å². The predicted octanol–water partition coefficient (Wildman–Crippen LogP) is 4.29. The number of aromatic nitrogens is 6. The Balaban J connectivity index is 1.46. The van der Waals surface area contributed by atoms with Crippen molar-refractivity contribution in [2.24, 2.45) is 0 Å². The minimum atomic E-state index is -1.14. The number of esters is 2. The zero-order valence-corrected chi connectivity index (χ0v) is 22.5. The Morgan fingerprint density at radius 2 is 1.83 bits per heavy atom. The van der Waals surface area contributed by atoms with Crippen molar-refractivity contribution in [3.8, 4) is 28.7 Å². The molecule has 41 heavy (non-hydrogen) atoms. The molecule has 12 nitrogen and oxygen atoms in total. The lowest BCUT2D eigenvalue weighted by molar-refractivity contribution is -0.141. The van der Waals surface area contributed by atoms with Crippen molar-refractivity contribution in [3.63, 3.8) is 0 Å². The number of imidazole rings is 1. The molecule has 1 saturated carbocycles. The molecule has 1 aromatic carbocycles. The van der Waals surface area contributed by atoms with Gasteiger partial charge in [-0.2, -0.15) is 0 Å². The normalized spacial score (nSPS) is 15.1. The van der Waals surface area contributed by atoms with Crippen LogP contribution in [0.4, 0.5) is 10.2 Å². The Hall–Kier alpha value is -4.94. The first-order chi connectivity index (χ1) is 19.7. The smallest absolute Gasteiger partial charge is 0.311 e. The molecule has 0 spiro atoms. The van der Waals surface area contributed by atoms with Gasteiger partial charge in [0.1, 0.15) is 23.4 Å². The van der Waals surface area contributed by atoms with E-state index in [0.29, 0.717) is 17.4 Å². The minimum Gasteiger partial charge on any atom is -0.423 e. The number of rotatable bonds is 6.